The molecule has 1 rings (SSSR count). The number of rotatable bonds is 13. The minimum atomic E-state index is -3.89. The molecular weight excluding hydrogens is 390 g/mol. The summed E-state index contributed by atoms with van der Waals surface area (Å²) in [5, 5.41) is 8.41. The summed E-state index contributed by atoms with van der Waals surface area (Å²) in [5.74, 6) is -0.778. The normalized spacial score (nSPS) is 13.5. The average molecular weight is 418 g/mol. The fourth-order valence-electron chi connectivity index (χ4n) is 2.60. The van der Waals surface area contributed by atoms with E-state index < -0.39 is 26.5 Å². The molecule has 0 saturated heterocycles. The van der Waals surface area contributed by atoms with Crippen LogP contribution in [0.5, 0.6) is 0 Å². The van der Waals surface area contributed by atoms with Gasteiger partial charge in [0.15, 0.2) is 5.40 Å². The number of hydrogen-bond donors (Lipinski definition) is 0. The topological polar surface area (TPSA) is 108 Å². The first-order valence-corrected chi connectivity index (χ1v) is 12.2. The van der Waals surface area contributed by atoms with E-state index in [1.165, 1.54) is 0 Å². The third-order valence-corrected chi connectivity index (χ3v) is 9.66. The molecule has 27 heavy (non-hydrogen) atoms. The summed E-state index contributed by atoms with van der Waals surface area (Å²) >= 11 is 0. The van der Waals surface area contributed by atoms with Crippen molar-refractivity contribution in [3.8, 4) is 6.07 Å². The third kappa shape index (κ3) is 6.50. The maximum Gasteiger partial charge on any atom is 0.345 e. The molecule has 0 aromatic carbocycles. The van der Waals surface area contributed by atoms with Crippen LogP contribution in [-0.2, 0) is 27.2 Å². The summed E-state index contributed by atoms with van der Waals surface area (Å²) in [7, 11) is -7.78. The summed E-state index contributed by atoms with van der Waals surface area (Å²) in [4.78, 5) is 4.19. The minimum Gasteiger partial charge on any atom is -0.308 e. The van der Waals surface area contributed by atoms with Crippen molar-refractivity contribution in [2.75, 3.05) is 26.4 Å². The van der Waals surface area contributed by atoms with Gasteiger partial charge in [-0.05, 0) is 46.2 Å². The van der Waals surface area contributed by atoms with Gasteiger partial charge in [0.1, 0.15) is 0 Å². The van der Waals surface area contributed by atoms with Crippen molar-refractivity contribution in [2.45, 2.75) is 45.4 Å². The second kappa shape index (κ2) is 11.7. The largest absolute Gasteiger partial charge is 0.345 e. The van der Waals surface area contributed by atoms with E-state index in [0.717, 1.165) is 0 Å². The molecule has 1 aromatic rings. The standard InChI is InChI=1S/C17H28N2O6P2/c1-5-22-26(20,23-6-2)17(27(21,24-7-3)25-8-4)13-15(14-18)16-11-9-10-12-19-16/h9-12,15,17H,5-8,13H2,1-4H3. The predicted molar refractivity (Wildman–Crippen MR) is 103 cm³/mol. The summed E-state index contributed by atoms with van der Waals surface area (Å²) in [5.41, 5.74) is 0.476. The van der Waals surface area contributed by atoms with Crippen molar-refractivity contribution in [3.05, 3.63) is 30.1 Å². The van der Waals surface area contributed by atoms with E-state index in [-0.39, 0.29) is 32.8 Å². The van der Waals surface area contributed by atoms with E-state index in [1.54, 1.807) is 52.1 Å². The molecule has 0 N–H and O–H groups in total. The molecule has 0 aliphatic heterocycles. The second-order valence-electron chi connectivity index (χ2n) is 5.40. The molecule has 0 aliphatic carbocycles. The minimum absolute atomic E-state index is 0.0901. The van der Waals surface area contributed by atoms with E-state index in [4.69, 9.17) is 18.1 Å². The molecule has 0 saturated carbocycles. The molecule has 8 nitrogen and oxygen atoms in total. The first kappa shape index (κ1) is 24.0. The van der Waals surface area contributed by atoms with Gasteiger partial charge >= 0.3 is 15.2 Å². The van der Waals surface area contributed by atoms with Crippen LogP contribution in [0, 0.1) is 11.3 Å². The highest BCUT2D eigenvalue weighted by Gasteiger charge is 2.51. The van der Waals surface area contributed by atoms with Gasteiger partial charge in [0.2, 0.25) is 0 Å². The zero-order valence-corrected chi connectivity index (χ0v) is 18.0. The number of hydrogen-bond acceptors (Lipinski definition) is 8. The maximum atomic E-state index is 13.5. The van der Waals surface area contributed by atoms with Crippen LogP contribution < -0.4 is 0 Å². The molecule has 1 atom stereocenters. The fraction of sp³-hybridized carbons (Fsp3) is 0.647. The van der Waals surface area contributed by atoms with Crippen LogP contribution in [0.2, 0.25) is 0 Å². The fourth-order valence-corrected chi connectivity index (χ4v) is 8.00. The summed E-state index contributed by atoms with van der Waals surface area (Å²) in [6.07, 6.45) is 1.46. The van der Waals surface area contributed by atoms with Gasteiger partial charge in [-0.3, -0.25) is 14.1 Å². The van der Waals surface area contributed by atoms with Crippen LogP contribution in [0.15, 0.2) is 24.4 Å². The molecule has 152 valence electrons. The van der Waals surface area contributed by atoms with Crippen LogP contribution in [-0.4, -0.2) is 36.8 Å². The Morgan fingerprint density at radius 2 is 1.44 bits per heavy atom. The van der Waals surface area contributed by atoms with Crippen LogP contribution in [0.1, 0.15) is 45.7 Å². The van der Waals surface area contributed by atoms with Gasteiger partial charge in [-0.25, -0.2) is 0 Å². The molecule has 0 aliphatic rings. The lowest BCUT2D eigenvalue weighted by molar-refractivity contribution is 0.193. The van der Waals surface area contributed by atoms with Gasteiger partial charge in [0.05, 0.1) is 44.1 Å². The lowest BCUT2D eigenvalue weighted by atomic mass is 10.0. The molecule has 0 radical (unpaired) electrons. The smallest absolute Gasteiger partial charge is 0.308 e. The Bertz CT molecular complexity index is 644. The van der Waals surface area contributed by atoms with Gasteiger partial charge in [-0.2, -0.15) is 5.26 Å². The second-order valence-corrected chi connectivity index (χ2v) is 10.2. The Morgan fingerprint density at radius 1 is 0.963 bits per heavy atom. The summed E-state index contributed by atoms with van der Waals surface area (Å²) < 4.78 is 48.7. The van der Waals surface area contributed by atoms with E-state index in [9.17, 15) is 14.4 Å². The van der Waals surface area contributed by atoms with Gasteiger partial charge in [0, 0.05) is 6.20 Å². The lowest BCUT2D eigenvalue weighted by Gasteiger charge is -2.32. The Kier molecular flexibility index (Phi) is 10.4. The van der Waals surface area contributed by atoms with Crippen molar-refractivity contribution in [1.29, 1.82) is 5.26 Å². The molecule has 1 heterocycles. The number of nitrogens with zero attached hydrogens (tertiary/aromatic N) is 2. The van der Waals surface area contributed by atoms with Crippen molar-refractivity contribution >= 4 is 15.2 Å². The monoisotopic (exact) mass is 418 g/mol. The Labute approximate surface area is 161 Å². The molecule has 0 bridgehead atoms. The highest BCUT2D eigenvalue weighted by atomic mass is 31.2. The van der Waals surface area contributed by atoms with E-state index in [0.29, 0.717) is 5.69 Å². The zero-order chi connectivity index (χ0) is 20.3. The SMILES string of the molecule is CCOP(=O)(OCC)C(CC(C#N)c1ccccn1)P(=O)(OCC)OCC. The highest BCUT2D eigenvalue weighted by molar-refractivity contribution is 7.72. The lowest BCUT2D eigenvalue weighted by Crippen LogP contribution is -2.20. The Morgan fingerprint density at radius 3 is 1.78 bits per heavy atom. The number of aromatic nitrogens is 1. The quantitative estimate of drug-likeness (QED) is 0.415. The molecule has 1 unspecified atom stereocenters. The first-order chi connectivity index (χ1) is 12.9. The third-order valence-electron chi connectivity index (χ3n) is 3.61. The molecule has 1 aromatic heterocycles. The highest BCUT2D eigenvalue weighted by Crippen LogP contribution is 2.72. The van der Waals surface area contributed by atoms with Gasteiger partial charge in [0.25, 0.3) is 0 Å². The zero-order valence-electron chi connectivity index (χ0n) is 16.2. The number of pyridine rings is 1. The van der Waals surface area contributed by atoms with Gasteiger partial charge in [-0.1, -0.05) is 6.07 Å². The number of nitriles is 1. The predicted octanol–water partition coefficient (Wildman–Crippen LogP) is 4.94. The van der Waals surface area contributed by atoms with E-state index >= 15 is 0 Å². The summed E-state index contributed by atoms with van der Waals surface area (Å²) in [6, 6.07) is 7.29. The van der Waals surface area contributed by atoms with Crippen LogP contribution in [0.3, 0.4) is 0 Å². The Balaban J connectivity index is 3.41. The van der Waals surface area contributed by atoms with Crippen LogP contribution >= 0.6 is 15.2 Å². The molecule has 0 amide bonds. The van der Waals surface area contributed by atoms with Crippen molar-refractivity contribution in [1.82, 2.24) is 4.98 Å². The van der Waals surface area contributed by atoms with Crippen molar-refractivity contribution in [3.63, 3.8) is 0 Å². The van der Waals surface area contributed by atoms with Crippen molar-refractivity contribution < 1.29 is 27.2 Å². The van der Waals surface area contributed by atoms with Gasteiger partial charge in [-0.15, -0.1) is 0 Å². The average Bonchev–Trinajstić information content (AvgIpc) is 2.64. The van der Waals surface area contributed by atoms with Crippen molar-refractivity contribution in [2.24, 2.45) is 0 Å². The van der Waals surface area contributed by atoms with Gasteiger partial charge < -0.3 is 18.1 Å². The molecular formula is C17H28N2O6P2. The van der Waals surface area contributed by atoms with Crippen LogP contribution in [0.4, 0.5) is 0 Å². The molecule has 0 fully saturated rings. The van der Waals surface area contributed by atoms with E-state index in [1.807, 2.05) is 0 Å². The van der Waals surface area contributed by atoms with Crippen LogP contribution in [0.25, 0.3) is 0 Å². The first-order valence-electron chi connectivity index (χ1n) is 8.98. The summed E-state index contributed by atoms with van der Waals surface area (Å²) in [6.45, 7) is 7.01. The van der Waals surface area contributed by atoms with E-state index in [2.05, 4.69) is 11.1 Å². The molecule has 10 heteroatoms. The maximum absolute atomic E-state index is 13.5. The Hall–Kier alpha value is -1.06. The molecule has 0 spiro atoms.